The maximum atomic E-state index is 13.0. The van der Waals surface area contributed by atoms with Gasteiger partial charge in [-0.1, -0.05) is 24.3 Å². The van der Waals surface area contributed by atoms with Gasteiger partial charge in [0, 0.05) is 24.2 Å². The van der Waals surface area contributed by atoms with Crippen LogP contribution in [0.4, 0.5) is 5.69 Å². The van der Waals surface area contributed by atoms with Crippen LogP contribution >= 0.6 is 0 Å². The Kier molecular flexibility index (Phi) is 6.89. The van der Waals surface area contributed by atoms with E-state index in [-0.39, 0.29) is 36.1 Å². The first-order valence-corrected chi connectivity index (χ1v) is 10.0. The molecule has 3 rings (SSSR count). The largest absolute Gasteiger partial charge is 0.507 e. The van der Waals surface area contributed by atoms with Crippen LogP contribution in [0, 0.1) is 10.1 Å². The molecule has 9 heteroatoms. The zero-order chi connectivity index (χ0) is 23.4. The molecule has 1 aliphatic heterocycles. The maximum absolute atomic E-state index is 13.0. The molecule has 2 aromatic carbocycles. The van der Waals surface area contributed by atoms with Gasteiger partial charge in [0.1, 0.15) is 11.5 Å². The van der Waals surface area contributed by atoms with Gasteiger partial charge in [-0.15, -0.1) is 0 Å². The highest BCUT2D eigenvalue weighted by atomic mass is 16.6. The third-order valence-electron chi connectivity index (χ3n) is 5.06. The molecular weight excluding hydrogens is 416 g/mol. The Morgan fingerprint density at radius 2 is 1.91 bits per heavy atom. The quantitative estimate of drug-likeness (QED) is 0.219. The fraction of sp³-hybridized carbons (Fsp3) is 0.304. The molecule has 0 aromatic heterocycles. The molecule has 1 N–H and O–H groups in total. The number of amides is 1. The number of non-ortho nitro benzene ring substituents is 1. The number of ether oxygens (including phenoxy) is 2. The van der Waals surface area contributed by atoms with Gasteiger partial charge in [0.05, 0.1) is 36.4 Å². The average Bonchev–Trinajstić information content (AvgIpc) is 3.03. The zero-order valence-corrected chi connectivity index (χ0v) is 18.0. The summed E-state index contributed by atoms with van der Waals surface area (Å²) in [6.07, 6.45) is -0.0630. The molecule has 2 aromatic rings. The smallest absolute Gasteiger partial charge is 0.295 e. The minimum Gasteiger partial charge on any atom is -0.507 e. The molecule has 1 aliphatic rings. The van der Waals surface area contributed by atoms with Crippen LogP contribution in [0.15, 0.2) is 54.1 Å². The lowest BCUT2D eigenvalue weighted by Gasteiger charge is -2.26. The van der Waals surface area contributed by atoms with Gasteiger partial charge in [-0.2, -0.15) is 0 Å². The molecule has 0 saturated carbocycles. The molecule has 1 atom stereocenters. The number of ketones is 1. The van der Waals surface area contributed by atoms with Crippen molar-refractivity contribution < 1.29 is 29.1 Å². The van der Waals surface area contributed by atoms with Gasteiger partial charge in [0.2, 0.25) is 0 Å². The van der Waals surface area contributed by atoms with E-state index in [1.807, 2.05) is 13.8 Å². The number of rotatable bonds is 8. The third-order valence-corrected chi connectivity index (χ3v) is 5.06. The lowest BCUT2D eigenvalue weighted by atomic mass is 9.95. The van der Waals surface area contributed by atoms with Crippen molar-refractivity contribution in [2.75, 3.05) is 20.3 Å². The monoisotopic (exact) mass is 440 g/mol. The Bertz CT molecular complexity index is 1080. The molecule has 1 heterocycles. The minimum absolute atomic E-state index is 0.0630. The van der Waals surface area contributed by atoms with Crippen molar-refractivity contribution in [1.82, 2.24) is 4.90 Å². The van der Waals surface area contributed by atoms with E-state index in [2.05, 4.69) is 0 Å². The Morgan fingerprint density at radius 1 is 1.19 bits per heavy atom. The van der Waals surface area contributed by atoms with E-state index < -0.39 is 28.4 Å². The molecule has 0 radical (unpaired) electrons. The second-order valence-electron chi connectivity index (χ2n) is 7.50. The first-order chi connectivity index (χ1) is 15.2. The fourth-order valence-electron chi connectivity index (χ4n) is 3.58. The average molecular weight is 440 g/mol. The fourth-order valence-corrected chi connectivity index (χ4v) is 3.58. The van der Waals surface area contributed by atoms with Crippen molar-refractivity contribution >= 4 is 23.1 Å². The van der Waals surface area contributed by atoms with Crippen LogP contribution < -0.4 is 4.74 Å². The van der Waals surface area contributed by atoms with E-state index in [1.54, 1.807) is 24.3 Å². The maximum Gasteiger partial charge on any atom is 0.295 e. The number of benzene rings is 2. The van der Waals surface area contributed by atoms with Crippen LogP contribution in [0.5, 0.6) is 5.75 Å². The molecular formula is C23H24N2O7. The number of hydrogen-bond acceptors (Lipinski definition) is 7. The van der Waals surface area contributed by atoms with Gasteiger partial charge in [-0.3, -0.25) is 19.7 Å². The summed E-state index contributed by atoms with van der Waals surface area (Å²) in [4.78, 5) is 37.7. The summed E-state index contributed by atoms with van der Waals surface area (Å²) in [5.74, 6) is -1.61. The number of nitrogens with zero attached hydrogens (tertiary/aromatic N) is 2. The molecule has 168 valence electrons. The predicted molar refractivity (Wildman–Crippen MR) is 116 cm³/mol. The van der Waals surface area contributed by atoms with Crippen LogP contribution in [-0.2, 0) is 14.3 Å². The van der Waals surface area contributed by atoms with Crippen LogP contribution in [0.2, 0.25) is 0 Å². The number of methoxy groups -OCH3 is 1. The number of hydrogen-bond donors (Lipinski definition) is 1. The van der Waals surface area contributed by atoms with Gasteiger partial charge < -0.3 is 19.5 Å². The summed E-state index contributed by atoms with van der Waals surface area (Å²) in [6, 6.07) is 11.2. The Labute approximate surface area is 185 Å². The van der Waals surface area contributed by atoms with Gasteiger partial charge in [-0.25, -0.2) is 0 Å². The minimum atomic E-state index is -0.903. The SMILES string of the molecule is COc1cccc(C2/C(=C(/O)c3cccc([N+](=O)[O-])c3)C(=O)C(=O)N2CCOC(C)C)c1. The van der Waals surface area contributed by atoms with E-state index in [9.17, 15) is 24.8 Å². The molecule has 32 heavy (non-hydrogen) atoms. The number of nitro groups is 1. The summed E-state index contributed by atoms with van der Waals surface area (Å²) < 4.78 is 10.8. The normalized spacial score (nSPS) is 17.8. The molecule has 9 nitrogen and oxygen atoms in total. The number of nitro benzene ring substituents is 1. The highest BCUT2D eigenvalue weighted by Crippen LogP contribution is 2.40. The van der Waals surface area contributed by atoms with E-state index in [4.69, 9.17) is 9.47 Å². The predicted octanol–water partition coefficient (Wildman–Crippen LogP) is 3.45. The highest BCUT2D eigenvalue weighted by Gasteiger charge is 2.46. The molecule has 0 aliphatic carbocycles. The van der Waals surface area contributed by atoms with Crippen LogP contribution in [0.1, 0.15) is 31.0 Å². The number of likely N-dealkylation sites (tertiary alicyclic amines) is 1. The van der Waals surface area contributed by atoms with Crippen LogP contribution in [0.25, 0.3) is 5.76 Å². The number of carbonyl (C=O) groups is 2. The van der Waals surface area contributed by atoms with Gasteiger partial charge in [0.15, 0.2) is 0 Å². The van der Waals surface area contributed by atoms with Crippen molar-refractivity contribution in [3.05, 3.63) is 75.3 Å². The van der Waals surface area contributed by atoms with Crippen LogP contribution in [-0.4, -0.2) is 53.0 Å². The topological polar surface area (TPSA) is 119 Å². The molecule has 1 amide bonds. The van der Waals surface area contributed by atoms with Crippen LogP contribution in [0.3, 0.4) is 0 Å². The van der Waals surface area contributed by atoms with E-state index in [0.29, 0.717) is 11.3 Å². The lowest BCUT2D eigenvalue weighted by Crippen LogP contribution is -2.33. The summed E-state index contributed by atoms with van der Waals surface area (Å²) >= 11 is 0. The zero-order valence-electron chi connectivity index (χ0n) is 18.0. The number of aliphatic hydroxyl groups excluding tert-OH is 1. The number of Topliss-reactive ketones (excluding diaryl/α,β-unsaturated/α-hetero) is 1. The van der Waals surface area contributed by atoms with Crippen molar-refractivity contribution in [2.45, 2.75) is 26.0 Å². The summed E-state index contributed by atoms with van der Waals surface area (Å²) in [5, 5.41) is 22.1. The van der Waals surface area contributed by atoms with E-state index in [1.165, 1.54) is 30.2 Å². The first-order valence-electron chi connectivity index (χ1n) is 10.0. The van der Waals surface area contributed by atoms with Gasteiger partial charge >= 0.3 is 0 Å². The molecule has 1 saturated heterocycles. The summed E-state index contributed by atoms with van der Waals surface area (Å²) in [7, 11) is 1.50. The lowest BCUT2D eigenvalue weighted by molar-refractivity contribution is -0.384. The van der Waals surface area contributed by atoms with Crippen molar-refractivity contribution in [2.24, 2.45) is 0 Å². The number of aliphatic hydroxyl groups is 1. The molecule has 1 unspecified atom stereocenters. The van der Waals surface area contributed by atoms with E-state index >= 15 is 0 Å². The van der Waals surface area contributed by atoms with Crippen molar-refractivity contribution in [3.8, 4) is 5.75 Å². The molecule has 0 spiro atoms. The summed E-state index contributed by atoms with van der Waals surface area (Å²) in [6.45, 7) is 4.03. The Morgan fingerprint density at radius 3 is 2.56 bits per heavy atom. The number of carbonyl (C=O) groups excluding carboxylic acids is 2. The van der Waals surface area contributed by atoms with Gasteiger partial charge in [0.25, 0.3) is 17.4 Å². The first kappa shape index (κ1) is 23.0. The molecule has 1 fully saturated rings. The Balaban J connectivity index is 2.14. The summed E-state index contributed by atoms with van der Waals surface area (Å²) in [5.41, 5.74) is 0.239. The van der Waals surface area contributed by atoms with E-state index in [0.717, 1.165) is 6.07 Å². The van der Waals surface area contributed by atoms with Crippen molar-refractivity contribution in [3.63, 3.8) is 0 Å². The second kappa shape index (κ2) is 9.61. The molecule has 0 bridgehead atoms. The van der Waals surface area contributed by atoms with Gasteiger partial charge in [-0.05, 0) is 31.5 Å². The standard InChI is InChI=1S/C23H24N2O7/c1-14(2)32-11-10-24-20(15-6-5-9-18(13-15)31-3)19(22(27)23(24)28)21(26)16-7-4-8-17(12-16)25(29)30/h4-9,12-14,20,26H,10-11H2,1-3H3/b21-19-. The highest BCUT2D eigenvalue weighted by molar-refractivity contribution is 6.46. The van der Waals surface area contributed by atoms with Crippen molar-refractivity contribution in [1.29, 1.82) is 0 Å². The Hall–Kier alpha value is -3.72. The second-order valence-corrected chi connectivity index (χ2v) is 7.50. The third kappa shape index (κ3) is 4.62.